The van der Waals surface area contributed by atoms with Crippen LogP contribution in [-0.2, 0) is 20.9 Å². The minimum atomic E-state index is -2.25. The topological polar surface area (TPSA) is 86.6 Å². The zero-order valence-corrected chi connectivity index (χ0v) is 19.9. The largest absolute Gasteiger partial charge is 0.474 e. The molecule has 1 aliphatic rings. The molecule has 7 nitrogen and oxygen atoms in total. The summed E-state index contributed by atoms with van der Waals surface area (Å²) in [5.41, 5.74) is 4.38. The summed E-state index contributed by atoms with van der Waals surface area (Å²) >= 11 is 0. The van der Waals surface area contributed by atoms with Crippen molar-refractivity contribution in [3.8, 4) is 5.88 Å². The number of nitrogens with zero attached hydrogens (tertiary/aromatic N) is 4. The Bertz CT molecular complexity index is 1220. The summed E-state index contributed by atoms with van der Waals surface area (Å²) in [6.07, 6.45) is 11.6. The molecule has 0 amide bonds. The van der Waals surface area contributed by atoms with Crippen LogP contribution >= 0.6 is 0 Å². The third-order valence-electron chi connectivity index (χ3n) is 5.76. The van der Waals surface area contributed by atoms with Gasteiger partial charge in [0.05, 0.1) is 23.0 Å². The van der Waals surface area contributed by atoms with Gasteiger partial charge in [0.1, 0.15) is 12.4 Å². The predicted molar refractivity (Wildman–Crippen MR) is 127 cm³/mol. The first-order valence-electron chi connectivity index (χ1n) is 10.9. The molecule has 1 fully saturated rings. The molecule has 0 atom stereocenters. The van der Waals surface area contributed by atoms with E-state index in [0.29, 0.717) is 24.1 Å². The quantitative estimate of drug-likeness (QED) is 0.540. The van der Waals surface area contributed by atoms with E-state index in [0.717, 1.165) is 53.4 Å². The van der Waals surface area contributed by atoms with E-state index in [1.807, 2.05) is 31.2 Å². The number of methoxy groups -OCH3 is 1. The molecule has 0 saturated heterocycles. The number of pyridine rings is 1. The van der Waals surface area contributed by atoms with E-state index in [-0.39, 0.29) is 6.10 Å². The number of rotatable bonds is 6. The molecule has 2 heterocycles. The summed E-state index contributed by atoms with van der Waals surface area (Å²) < 4.78 is 28.2. The maximum atomic E-state index is 12.1. The second-order valence-corrected chi connectivity index (χ2v) is 11.2. The fourth-order valence-corrected chi connectivity index (χ4v) is 4.90. The summed E-state index contributed by atoms with van der Waals surface area (Å²) in [5, 5.41) is 0.987. The van der Waals surface area contributed by atoms with Gasteiger partial charge in [-0.2, -0.15) is 4.36 Å². The Balaban J connectivity index is 1.62. The maximum absolute atomic E-state index is 12.1. The Hall–Kier alpha value is -2.58. The zero-order valence-electron chi connectivity index (χ0n) is 19.1. The number of hydrogen-bond acceptors (Lipinski definition) is 7. The van der Waals surface area contributed by atoms with Crippen molar-refractivity contribution in [3.05, 3.63) is 53.6 Å². The van der Waals surface area contributed by atoms with Gasteiger partial charge in [-0.25, -0.2) is 19.2 Å². The van der Waals surface area contributed by atoms with Gasteiger partial charge in [-0.05, 0) is 56.4 Å². The Labute approximate surface area is 189 Å². The fraction of sp³-hybridized carbons (Fsp3) is 0.458. The normalized spacial score (nSPS) is 19.1. The molecule has 32 heavy (non-hydrogen) atoms. The third-order valence-corrected chi connectivity index (χ3v) is 6.41. The summed E-state index contributed by atoms with van der Waals surface area (Å²) in [6, 6.07) is 7.78. The van der Waals surface area contributed by atoms with Gasteiger partial charge in [-0.1, -0.05) is 6.07 Å². The van der Waals surface area contributed by atoms with Crippen molar-refractivity contribution in [1.82, 2.24) is 15.0 Å². The highest BCUT2D eigenvalue weighted by Gasteiger charge is 2.23. The van der Waals surface area contributed by atoms with Crippen LogP contribution in [0, 0.1) is 6.92 Å². The van der Waals surface area contributed by atoms with Gasteiger partial charge in [-0.3, -0.25) is 0 Å². The highest BCUT2D eigenvalue weighted by Crippen LogP contribution is 2.30. The number of benzene rings is 1. The van der Waals surface area contributed by atoms with Crippen molar-refractivity contribution in [2.75, 3.05) is 19.6 Å². The number of hydrogen-bond donors (Lipinski definition) is 0. The van der Waals surface area contributed by atoms with Crippen molar-refractivity contribution in [1.29, 1.82) is 0 Å². The summed E-state index contributed by atoms with van der Waals surface area (Å²) in [6.45, 7) is 2.01. The lowest BCUT2D eigenvalue weighted by Gasteiger charge is -2.28. The van der Waals surface area contributed by atoms with Crippen LogP contribution in [0.2, 0.25) is 0 Å². The molecule has 8 heteroatoms. The van der Waals surface area contributed by atoms with Gasteiger partial charge < -0.3 is 9.47 Å². The van der Waals surface area contributed by atoms with E-state index >= 15 is 0 Å². The summed E-state index contributed by atoms with van der Waals surface area (Å²) in [5.74, 6) is 0.668. The number of aryl methyl sites for hydroxylation is 1. The molecule has 1 aromatic carbocycles. The lowest BCUT2D eigenvalue weighted by atomic mass is 9.95. The number of aromatic nitrogens is 3. The van der Waals surface area contributed by atoms with Crippen LogP contribution in [0.1, 0.15) is 42.5 Å². The Morgan fingerprint density at radius 3 is 2.56 bits per heavy atom. The van der Waals surface area contributed by atoms with Crippen molar-refractivity contribution in [2.45, 2.75) is 51.2 Å². The van der Waals surface area contributed by atoms with Gasteiger partial charge in [-0.15, -0.1) is 0 Å². The SMILES string of the molecule is COC1CCC(Oc2ncccc2Cc2ncnc3cc(N=S(C)(C)=O)cc(C)c23)CC1. The van der Waals surface area contributed by atoms with Gasteiger partial charge in [0.25, 0.3) is 0 Å². The zero-order chi connectivity index (χ0) is 22.7. The maximum Gasteiger partial charge on any atom is 0.217 e. The van der Waals surface area contributed by atoms with E-state index in [1.54, 1.807) is 32.1 Å². The fourth-order valence-electron chi connectivity index (χ4n) is 4.28. The third kappa shape index (κ3) is 5.42. The van der Waals surface area contributed by atoms with Crippen LogP contribution in [0.5, 0.6) is 5.88 Å². The van der Waals surface area contributed by atoms with Crippen molar-refractivity contribution < 1.29 is 13.7 Å². The molecule has 0 bridgehead atoms. The van der Waals surface area contributed by atoms with Gasteiger partial charge in [0, 0.05) is 52.9 Å². The van der Waals surface area contributed by atoms with Gasteiger partial charge in [0.15, 0.2) is 0 Å². The lowest BCUT2D eigenvalue weighted by molar-refractivity contribution is 0.0312. The molecular weight excluding hydrogens is 424 g/mol. The van der Waals surface area contributed by atoms with Crippen molar-refractivity contribution in [2.24, 2.45) is 4.36 Å². The molecule has 0 aliphatic heterocycles. The Morgan fingerprint density at radius 1 is 1.09 bits per heavy atom. The second-order valence-electron chi connectivity index (χ2n) is 8.65. The molecule has 2 aromatic heterocycles. The van der Waals surface area contributed by atoms with Crippen molar-refractivity contribution in [3.63, 3.8) is 0 Å². The summed E-state index contributed by atoms with van der Waals surface area (Å²) in [7, 11) is -0.473. The van der Waals surface area contributed by atoms with Crippen molar-refractivity contribution >= 4 is 26.3 Å². The predicted octanol–water partition coefficient (Wildman–Crippen LogP) is 4.62. The first-order valence-corrected chi connectivity index (χ1v) is 13.2. The molecule has 170 valence electrons. The van der Waals surface area contributed by atoms with Crippen LogP contribution in [0.15, 0.2) is 41.2 Å². The molecule has 0 unspecified atom stereocenters. The average molecular weight is 455 g/mol. The first kappa shape index (κ1) is 22.6. The minimum Gasteiger partial charge on any atom is -0.474 e. The first-order chi connectivity index (χ1) is 15.3. The van der Waals surface area contributed by atoms with Gasteiger partial charge in [0.2, 0.25) is 5.88 Å². The molecular formula is C24H30N4O3S. The monoisotopic (exact) mass is 454 g/mol. The van der Waals surface area contributed by atoms with E-state index in [1.165, 1.54) is 0 Å². The van der Waals surface area contributed by atoms with Crippen LogP contribution < -0.4 is 4.74 Å². The molecule has 3 aromatic rings. The van der Waals surface area contributed by atoms with Gasteiger partial charge >= 0.3 is 0 Å². The Kier molecular flexibility index (Phi) is 6.71. The standard InChI is InChI=1S/C24H30N4O3S/c1-16-12-18(28-32(3,4)29)14-22-23(16)21(26-15-27-22)13-17-6-5-11-25-24(17)31-20-9-7-19(30-2)8-10-20/h5-6,11-12,14-15,19-20H,7-10,13H2,1-4H3. The minimum absolute atomic E-state index is 0.154. The molecule has 0 N–H and O–H groups in total. The molecule has 0 radical (unpaired) electrons. The van der Waals surface area contributed by atoms with E-state index < -0.39 is 9.73 Å². The highest BCUT2D eigenvalue weighted by atomic mass is 32.2. The molecule has 1 aliphatic carbocycles. The average Bonchev–Trinajstić information content (AvgIpc) is 2.74. The summed E-state index contributed by atoms with van der Waals surface area (Å²) in [4.78, 5) is 13.5. The smallest absolute Gasteiger partial charge is 0.217 e. The molecule has 4 rings (SSSR count). The van der Waals surface area contributed by atoms with E-state index in [4.69, 9.17) is 9.47 Å². The highest BCUT2D eigenvalue weighted by molar-refractivity contribution is 7.92. The molecule has 1 saturated carbocycles. The van der Waals surface area contributed by atoms with Crippen LogP contribution in [-0.4, -0.2) is 51.0 Å². The van der Waals surface area contributed by atoms with Crippen LogP contribution in [0.4, 0.5) is 5.69 Å². The lowest BCUT2D eigenvalue weighted by Crippen LogP contribution is -2.28. The van der Waals surface area contributed by atoms with E-state index in [9.17, 15) is 4.21 Å². The van der Waals surface area contributed by atoms with E-state index in [2.05, 4.69) is 19.3 Å². The second kappa shape index (κ2) is 9.50. The Morgan fingerprint density at radius 2 is 1.84 bits per heavy atom. The number of fused-ring (bicyclic) bond motifs is 1. The molecule has 0 spiro atoms. The number of ether oxygens (including phenoxy) is 2. The van der Waals surface area contributed by atoms with Crippen LogP contribution in [0.25, 0.3) is 10.9 Å². The van der Waals surface area contributed by atoms with Crippen LogP contribution in [0.3, 0.4) is 0 Å².